The van der Waals surface area contributed by atoms with Gasteiger partial charge in [0.05, 0.1) is 5.02 Å². The molecule has 0 aliphatic rings. The second-order valence-corrected chi connectivity index (χ2v) is 6.34. The van der Waals surface area contributed by atoms with Gasteiger partial charge in [0.2, 0.25) is 0 Å². The van der Waals surface area contributed by atoms with Crippen molar-refractivity contribution in [3.8, 4) is 5.75 Å². The van der Waals surface area contributed by atoms with E-state index in [0.29, 0.717) is 10.8 Å². The van der Waals surface area contributed by atoms with Gasteiger partial charge in [-0.2, -0.15) is 11.3 Å². The maximum atomic E-state index is 6.17. The van der Waals surface area contributed by atoms with Gasteiger partial charge in [-0.3, -0.25) is 0 Å². The highest BCUT2D eigenvalue weighted by molar-refractivity contribution is 9.10. The van der Waals surface area contributed by atoms with Crippen molar-refractivity contribution in [2.75, 3.05) is 0 Å². The fourth-order valence-corrected chi connectivity index (χ4v) is 2.94. The van der Waals surface area contributed by atoms with Crippen molar-refractivity contribution in [3.05, 3.63) is 50.1 Å². The molecule has 2 nitrogen and oxygen atoms in total. The molecule has 1 heterocycles. The maximum absolute atomic E-state index is 6.17. The molecule has 2 N–H and O–H groups in total. The fourth-order valence-electron chi connectivity index (χ4n) is 1.76. The predicted octanol–water partition coefficient (Wildman–Crippen LogP) is 5.02. The van der Waals surface area contributed by atoms with E-state index < -0.39 is 0 Å². The summed E-state index contributed by atoms with van der Waals surface area (Å²) in [5, 5.41) is 4.68. The van der Waals surface area contributed by atoms with Gasteiger partial charge in [0.1, 0.15) is 11.9 Å². The Morgan fingerprint density at radius 1 is 1.42 bits per heavy atom. The normalized spacial score (nSPS) is 14.1. The molecule has 0 spiro atoms. The highest BCUT2D eigenvalue weighted by atomic mass is 79.9. The molecule has 0 radical (unpaired) electrons. The van der Waals surface area contributed by atoms with Crippen molar-refractivity contribution in [1.29, 1.82) is 0 Å². The van der Waals surface area contributed by atoms with E-state index in [0.717, 1.165) is 16.5 Å². The number of hydrogen-bond donors (Lipinski definition) is 1. The van der Waals surface area contributed by atoms with Gasteiger partial charge in [-0.05, 0) is 41.4 Å². The molecular formula is C14H15BrClNOS. The summed E-state index contributed by atoms with van der Waals surface area (Å²) in [6.07, 6.45) is 0.662. The van der Waals surface area contributed by atoms with E-state index in [-0.39, 0.29) is 12.1 Å². The van der Waals surface area contributed by atoms with Crippen molar-refractivity contribution in [3.63, 3.8) is 0 Å². The Morgan fingerprint density at radius 3 is 2.84 bits per heavy atom. The summed E-state index contributed by atoms with van der Waals surface area (Å²) in [6.45, 7) is 2.05. The molecule has 2 rings (SSSR count). The van der Waals surface area contributed by atoms with Gasteiger partial charge in [0, 0.05) is 16.1 Å². The van der Waals surface area contributed by atoms with Crippen LogP contribution in [0.3, 0.4) is 0 Å². The lowest BCUT2D eigenvalue weighted by atomic mass is 10.0. The van der Waals surface area contributed by atoms with E-state index >= 15 is 0 Å². The molecule has 0 saturated carbocycles. The largest absolute Gasteiger partial charge is 0.482 e. The first kappa shape index (κ1) is 14.9. The zero-order chi connectivity index (χ0) is 13.8. The van der Waals surface area contributed by atoms with Gasteiger partial charge in [0.25, 0.3) is 0 Å². The zero-order valence-corrected chi connectivity index (χ0v) is 13.6. The smallest absolute Gasteiger partial charge is 0.140 e. The van der Waals surface area contributed by atoms with Crippen molar-refractivity contribution in [1.82, 2.24) is 0 Å². The van der Waals surface area contributed by atoms with Crippen LogP contribution in [0.15, 0.2) is 39.5 Å². The Hall–Kier alpha value is -0.550. The number of rotatable bonds is 5. The van der Waals surface area contributed by atoms with Gasteiger partial charge in [0.15, 0.2) is 0 Å². The summed E-state index contributed by atoms with van der Waals surface area (Å²) < 4.78 is 6.97. The van der Waals surface area contributed by atoms with Crippen LogP contribution < -0.4 is 10.5 Å². The number of nitrogens with two attached hydrogens (primary N) is 1. The molecule has 2 aromatic rings. The predicted molar refractivity (Wildman–Crippen MR) is 85.1 cm³/mol. The number of hydrogen-bond acceptors (Lipinski definition) is 3. The van der Waals surface area contributed by atoms with Crippen LogP contribution in [-0.2, 0) is 0 Å². The van der Waals surface area contributed by atoms with E-state index in [1.165, 1.54) is 0 Å². The first-order valence-electron chi connectivity index (χ1n) is 6.01. The fraction of sp³-hybridized carbons (Fsp3) is 0.286. The third kappa shape index (κ3) is 3.72. The lowest BCUT2D eigenvalue weighted by Crippen LogP contribution is -2.31. The molecule has 0 amide bonds. The molecule has 0 aliphatic carbocycles. The van der Waals surface area contributed by atoms with E-state index in [2.05, 4.69) is 28.2 Å². The third-order valence-electron chi connectivity index (χ3n) is 2.88. The Kier molecular flexibility index (Phi) is 5.28. The Morgan fingerprint density at radius 2 is 2.21 bits per heavy atom. The highest BCUT2D eigenvalue weighted by Crippen LogP contribution is 2.33. The molecule has 1 aromatic carbocycles. The molecule has 0 aliphatic heterocycles. The summed E-state index contributed by atoms with van der Waals surface area (Å²) >= 11 is 11.2. The van der Waals surface area contributed by atoms with Crippen LogP contribution in [-0.4, -0.2) is 6.04 Å². The molecule has 1 aromatic heterocycles. The Bertz CT molecular complexity index is 532. The molecule has 2 atom stereocenters. The average molecular weight is 361 g/mol. The van der Waals surface area contributed by atoms with E-state index in [1.54, 1.807) is 11.3 Å². The topological polar surface area (TPSA) is 35.2 Å². The number of thiophene rings is 1. The Labute approximate surface area is 130 Å². The molecule has 19 heavy (non-hydrogen) atoms. The average Bonchev–Trinajstić information content (AvgIpc) is 2.92. The maximum Gasteiger partial charge on any atom is 0.140 e. The van der Waals surface area contributed by atoms with Crippen LogP contribution in [0.5, 0.6) is 5.75 Å². The standard InChI is InChI=1S/C14H15BrClNOS/c1-2-12(17)14(9-5-6-19-8-9)18-13-7-10(15)3-4-11(13)16/h3-8,12,14H,2,17H2,1H3. The third-order valence-corrected chi connectivity index (χ3v) is 4.39. The van der Waals surface area contributed by atoms with Crippen LogP contribution in [0.2, 0.25) is 5.02 Å². The Balaban J connectivity index is 2.28. The monoisotopic (exact) mass is 359 g/mol. The van der Waals surface area contributed by atoms with Gasteiger partial charge in [-0.1, -0.05) is 34.5 Å². The molecule has 0 bridgehead atoms. The molecule has 5 heteroatoms. The molecule has 102 valence electrons. The first-order chi connectivity index (χ1) is 9.11. The van der Waals surface area contributed by atoms with Crippen LogP contribution in [0.25, 0.3) is 0 Å². The number of halogens is 2. The quantitative estimate of drug-likeness (QED) is 0.812. The van der Waals surface area contributed by atoms with Gasteiger partial charge in [-0.25, -0.2) is 0 Å². The molecule has 2 unspecified atom stereocenters. The summed E-state index contributed by atoms with van der Waals surface area (Å²) in [7, 11) is 0. The SMILES string of the molecule is CCC(N)C(Oc1cc(Br)ccc1Cl)c1ccsc1. The minimum absolute atomic E-state index is 0.0651. The first-order valence-corrected chi connectivity index (χ1v) is 8.12. The van der Waals surface area contributed by atoms with Crippen LogP contribution in [0.1, 0.15) is 25.0 Å². The van der Waals surface area contributed by atoms with Gasteiger partial charge in [-0.15, -0.1) is 0 Å². The van der Waals surface area contributed by atoms with Crippen molar-refractivity contribution in [2.24, 2.45) is 5.73 Å². The molecule has 0 saturated heterocycles. The van der Waals surface area contributed by atoms with Crippen molar-refractivity contribution < 1.29 is 4.74 Å². The summed E-state index contributed by atoms with van der Waals surface area (Å²) in [4.78, 5) is 0. The number of ether oxygens (including phenoxy) is 1. The minimum atomic E-state index is -0.178. The summed E-state index contributed by atoms with van der Waals surface area (Å²) in [6, 6.07) is 7.53. The second kappa shape index (κ2) is 6.75. The zero-order valence-electron chi connectivity index (χ0n) is 10.5. The summed E-state index contributed by atoms with van der Waals surface area (Å²) in [5.74, 6) is 0.649. The van der Waals surface area contributed by atoms with E-state index in [4.69, 9.17) is 22.1 Å². The second-order valence-electron chi connectivity index (χ2n) is 4.24. The molecule has 0 fully saturated rings. The van der Waals surface area contributed by atoms with Gasteiger partial charge < -0.3 is 10.5 Å². The molecular weight excluding hydrogens is 346 g/mol. The lowest BCUT2D eigenvalue weighted by molar-refractivity contribution is 0.171. The lowest BCUT2D eigenvalue weighted by Gasteiger charge is -2.24. The highest BCUT2D eigenvalue weighted by Gasteiger charge is 2.22. The summed E-state index contributed by atoms with van der Waals surface area (Å²) in [5.41, 5.74) is 7.26. The van der Waals surface area contributed by atoms with Crippen molar-refractivity contribution in [2.45, 2.75) is 25.5 Å². The minimum Gasteiger partial charge on any atom is -0.482 e. The van der Waals surface area contributed by atoms with Crippen molar-refractivity contribution >= 4 is 38.9 Å². The van der Waals surface area contributed by atoms with Crippen LogP contribution in [0.4, 0.5) is 0 Å². The van der Waals surface area contributed by atoms with E-state index in [1.807, 2.05) is 29.6 Å². The van der Waals surface area contributed by atoms with Crippen LogP contribution >= 0.6 is 38.9 Å². The van der Waals surface area contributed by atoms with E-state index in [9.17, 15) is 0 Å². The number of benzene rings is 1. The van der Waals surface area contributed by atoms with Crippen LogP contribution in [0, 0.1) is 0 Å². The van der Waals surface area contributed by atoms with Gasteiger partial charge >= 0.3 is 0 Å².